The largest absolute Gasteiger partial charge is 0.325 e. The fourth-order valence-corrected chi connectivity index (χ4v) is 4.55. The maximum absolute atomic E-state index is 13.2. The molecule has 0 unspecified atom stereocenters. The summed E-state index contributed by atoms with van der Waals surface area (Å²) in [4.78, 5) is 16.9. The summed E-state index contributed by atoms with van der Waals surface area (Å²) in [5.41, 5.74) is 3.47. The van der Waals surface area contributed by atoms with Gasteiger partial charge in [0, 0.05) is 28.2 Å². The molecule has 8 heteroatoms. The first-order valence-electron chi connectivity index (χ1n) is 9.82. The summed E-state index contributed by atoms with van der Waals surface area (Å²) in [5, 5.41) is 2.91. The Balaban J connectivity index is 1.69. The Labute approximate surface area is 191 Å². The molecule has 0 radical (unpaired) electrons. The number of nitrogens with one attached hydrogen (secondary N) is 1. The number of hydrogen-bond donors (Lipinski definition) is 1. The molecule has 162 valence electrons. The molecule has 0 aliphatic carbocycles. The Morgan fingerprint density at radius 1 is 0.969 bits per heavy atom. The van der Waals surface area contributed by atoms with Gasteiger partial charge in [-0.3, -0.25) is 9.36 Å². The second-order valence-electron chi connectivity index (χ2n) is 7.29. The van der Waals surface area contributed by atoms with Crippen LogP contribution in [0.3, 0.4) is 0 Å². The van der Waals surface area contributed by atoms with Crippen LogP contribution < -0.4 is 5.32 Å². The number of nitrogens with zero attached hydrogens (tertiary/aromatic N) is 2. The minimum atomic E-state index is -4.05. The normalized spacial score (nSPS) is 11.3. The SMILES string of the molecule is Cc1ccc(-c2cn(-c3ccccc3)c(S(=O)(=O)CC(=O)Nc3ccc(Cl)cc3)n2)cc1. The lowest BCUT2D eigenvalue weighted by Gasteiger charge is -2.09. The molecule has 0 bridgehead atoms. The highest BCUT2D eigenvalue weighted by molar-refractivity contribution is 7.92. The van der Waals surface area contributed by atoms with Crippen LogP contribution in [0.5, 0.6) is 0 Å². The monoisotopic (exact) mass is 465 g/mol. The summed E-state index contributed by atoms with van der Waals surface area (Å²) in [6.45, 7) is 1.97. The molecular formula is C24H20ClN3O3S. The first-order valence-corrected chi connectivity index (χ1v) is 11.8. The molecule has 0 atom stereocenters. The quantitative estimate of drug-likeness (QED) is 0.438. The van der Waals surface area contributed by atoms with Crippen LogP contribution in [0.1, 0.15) is 5.56 Å². The first kappa shape index (κ1) is 21.8. The molecular weight excluding hydrogens is 446 g/mol. The van der Waals surface area contributed by atoms with E-state index in [-0.39, 0.29) is 5.16 Å². The maximum atomic E-state index is 13.2. The minimum Gasteiger partial charge on any atom is -0.325 e. The van der Waals surface area contributed by atoms with Gasteiger partial charge in [-0.25, -0.2) is 13.4 Å². The molecule has 0 aliphatic heterocycles. The van der Waals surface area contributed by atoms with Crippen molar-refractivity contribution in [2.75, 3.05) is 11.1 Å². The van der Waals surface area contributed by atoms with E-state index in [0.717, 1.165) is 11.1 Å². The van der Waals surface area contributed by atoms with Gasteiger partial charge in [0.15, 0.2) is 0 Å². The standard InChI is InChI=1S/C24H20ClN3O3S/c1-17-7-9-18(10-8-17)22-15-28(21-5-3-2-4-6-21)24(27-22)32(30,31)16-23(29)26-20-13-11-19(25)12-14-20/h2-15H,16H2,1H3,(H,26,29). The number of para-hydroxylation sites is 1. The van der Waals surface area contributed by atoms with Crippen molar-refractivity contribution in [2.45, 2.75) is 12.1 Å². The van der Waals surface area contributed by atoms with E-state index in [1.807, 2.05) is 49.4 Å². The highest BCUT2D eigenvalue weighted by Crippen LogP contribution is 2.25. The molecule has 0 aliphatic rings. The Kier molecular flexibility index (Phi) is 6.12. The van der Waals surface area contributed by atoms with E-state index in [1.54, 1.807) is 42.6 Å². The van der Waals surface area contributed by atoms with Gasteiger partial charge in [0.05, 0.1) is 5.69 Å². The summed E-state index contributed by atoms with van der Waals surface area (Å²) < 4.78 is 27.9. The third kappa shape index (κ3) is 4.90. The average Bonchev–Trinajstić information content (AvgIpc) is 3.23. The van der Waals surface area contributed by atoms with Crippen molar-refractivity contribution in [3.05, 3.63) is 95.6 Å². The van der Waals surface area contributed by atoms with Gasteiger partial charge in [-0.1, -0.05) is 59.6 Å². The van der Waals surface area contributed by atoms with Crippen LogP contribution in [0.15, 0.2) is 90.2 Å². The number of aryl methyl sites for hydroxylation is 1. The van der Waals surface area contributed by atoms with Crippen molar-refractivity contribution in [3.63, 3.8) is 0 Å². The number of carbonyl (C=O) groups is 1. The Bertz CT molecular complexity index is 1350. The lowest BCUT2D eigenvalue weighted by molar-refractivity contribution is -0.113. The molecule has 1 aromatic heterocycles. The molecule has 4 aromatic rings. The average molecular weight is 466 g/mol. The molecule has 6 nitrogen and oxygen atoms in total. The van der Waals surface area contributed by atoms with Gasteiger partial charge in [0.1, 0.15) is 5.75 Å². The second-order valence-corrected chi connectivity index (χ2v) is 9.61. The van der Waals surface area contributed by atoms with Crippen LogP contribution in [0.4, 0.5) is 5.69 Å². The molecule has 3 aromatic carbocycles. The van der Waals surface area contributed by atoms with E-state index in [1.165, 1.54) is 4.57 Å². The van der Waals surface area contributed by atoms with Crippen molar-refractivity contribution in [1.29, 1.82) is 0 Å². The zero-order valence-electron chi connectivity index (χ0n) is 17.2. The number of benzene rings is 3. The van der Waals surface area contributed by atoms with Crippen LogP contribution >= 0.6 is 11.6 Å². The number of hydrogen-bond acceptors (Lipinski definition) is 4. The van der Waals surface area contributed by atoms with Crippen molar-refractivity contribution in [1.82, 2.24) is 9.55 Å². The first-order chi connectivity index (χ1) is 15.3. The number of carbonyl (C=O) groups excluding carboxylic acids is 1. The van der Waals surface area contributed by atoms with E-state index in [9.17, 15) is 13.2 Å². The third-order valence-electron chi connectivity index (χ3n) is 4.78. The number of aromatic nitrogens is 2. The number of imidazole rings is 1. The molecule has 1 heterocycles. The van der Waals surface area contributed by atoms with Crippen molar-refractivity contribution >= 4 is 33.0 Å². The Morgan fingerprint density at radius 3 is 2.28 bits per heavy atom. The fourth-order valence-electron chi connectivity index (χ4n) is 3.19. The highest BCUT2D eigenvalue weighted by Gasteiger charge is 2.27. The summed E-state index contributed by atoms with van der Waals surface area (Å²) in [5.74, 6) is -1.40. The number of amides is 1. The van der Waals surface area contributed by atoms with Crippen LogP contribution in [0, 0.1) is 6.92 Å². The van der Waals surface area contributed by atoms with Gasteiger partial charge in [-0.05, 0) is 43.3 Å². The van der Waals surface area contributed by atoms with E-state index in [2.05, 4.69) is 10.3 Å². The minimum absolute atomic E-state index is 0.189. The Hall–Kier alpha value is -3.42. The molecule has 0 spiro atoms. The van der Waals surface area contributed by atoms with Crippen molar-refractivity contribution in [3.8, 4) is 16.9 Å². The van der Waals surface area contributed by atoms with Crippen LogP contribution in [-0.2, 0) is 14.6 Å². The molecule has 32 heavy (non-hydrogen) atoms. The second kappa shape index (κ2) is 8.98. The number of rotatable bonds is 6. The lowest BCUT2D eigenvalue weighted by Crippen LogP contribution is -2.25. The number of anilines is 1. The molecule has 0 fully saturated rings. The molecule has 4 rings (SSSR count). The van der Waals surface area contributed by atoms with Gasteiger partial charge < -0.3 is 5.32 Å². The van der Waals surface area contributed by atoms with Gasteiger partial charge in [-0.2, -0.15) is 0 Å². The van der Waals surface area contributed by atoms with Gasteiger partial charge in [0.25, 0.3) is 0 Å². The van der Waals surface area contributed by atoms with E-state index >= 15 is 0 Å². The van der Waals surface area contributed by atoms with Crippen molar-refractivity contribution < 1.29 is 13.2 Å². The zero-order chi connectivity index (χ0) is 22.7. The van der Waals surface area contributed by atoms with E-state index < -0.39 is 21.5 Å². The highest BCUT2D eigenvalue weighted by atomic mass is 35.5. The molecule has 1 amide bonds. The Morgan fingerprint density at radius 2 is 1.62 bits per heavy atom. The third-order valence-corrected chi connectivity index (χ3v) is 6.52. The molecule has 1 N–H and O–H groups in total. The number of sulfone groups is 1. The number of halogens is 1. The topological polar surface area (TPSA) is 81.1 Å². The summed E-state index contributed by atoms with van der Waals surface area (Å²) in [6, 6.07) is 23.1. The van der Waals surface area contributed by atoms with E-state index in [4.69, 9.17) is 11.6 Å². The maximum Gasteiger partial charge on any atom is 0.240 e. The predicted octanol–water partition coefficient (Wildman–Crippen LogP) is 4.91. The predicted molar refractivity (Wildman–Crippen MR) is 126 cm³/mol. The summed E-state index contributed by atoms with van der Waals surface area (Å²) in [7, 11) is -4.05. The van der Waals surface area contributed by atoms with Crippen LogP contribution in [0.25, 0.3) is 16.9 Å². The van der Waals surface area contributed by atoms with Crippen LogP contribution in [-0.4, -0.2) is 29.6 Å². The summed E-state index contributed by atoms with van der Waals surface area (Å²) in [6.07, 6.45) is 1.67. The van der Waals surface area contributed by atoms with Gasteiger partial charge >= 0.3 is 0 Å². The smallest absolute Gasteiger partial charge is 0.240 e. The zero-order valence-corrected chi connectivity index (χ0v) is 18.8. The van der Waals surface area contributed by atoms with Gasteiger partial charge in [-0.15, -0.1) is 0 Å². The fraction of sp³-hybridized carbons (Fsp3) is 0.0833. The van der Waals surface area contributed by atoms with Gasteiger partial charge in [0.2, 0.25) is 20.9 Å². The van der Waals surface area contributed by atoms with Crippen molar-refractivity contribution in [2.24, 2.45) is 0 Å². The summed E-state index contributed by atoms with van der Waals surface area (Å²) >= 11 is 5.85. The van der Waals surface area contributed by atoms with E-state index in [0.29, 0.717) is 22.1 Å². The molecule has 0 saturated heterocycles. The van der Waals surface area contributed by atoms with Crippen LogP contribution in [0.2, 0.25) is 5.02 Å². The molecule has 0 saturated carbocycles. The lowest BCUT2D eigenvalue weighted by atomic mass is 10.1.